The van der Waals surface area contributed by atoms with Crippen molar-refractivity contribution in [2.45, 2.75) is 83.0 Å². The molecule has 2 heterocycles. The van der Waals surface area contributed by atoms with Crippen LogP contribution in [0.4, 0.5) is 0 Å². The van der Waals surface area contributed by atoms with Crippen LogP contribution < -0.4 is 0 Å². The highest BCUT2D eigenvalue weighted by Crippen LogP contribution is 2.38. The van der Waals surface area contributed by atoms with Crippen molar-refractivity contribution in [3.05, 3.63) is 83.9 Å². The molecule has 2 aliphatic heterocycles. The van der Waals surface area contributed by atoms with E-state index in [9.17, 15) is 4.79 Å². The topological polar surface area (TPSA) is 72.5 Å². The van der Waals surface area contributed by atoms with Gasteiger partial charge in [-0.15, -0.1) is 0 Å². The van der Waals surface area contributed by atoms with E-state index in [0.717, 1.165) is 17.4 Å². The van der Waals surface area contributed by atoms with Gasteiger partial charge in [0.2, 0.25) is 0 Å². The number of rotatable bonds is 11. The van der Waals surface area contributed by atoms with Crippen LogP contribution in [0, 0.1) is 0 Å². The van der Waals surface area contributed by atoms with Gasteiger partial charge in [0.15, 0.2) is 11.6 Å². The molecule has 2 aliphatic rings. The van der Waals surface area contributed by atoms with E-state index in [2.05, 4.69) is 0 Å². The van der Waals surface area contributed by atoms with Gasteiger partial charge >= 0.3 is 0 Å². The maximum Gasteiger partial charge on any atom is 0.164 e. The van der Waals surface area contributed by atoms with E-state index in [1.54, 1.807) is 6.08 Å². The highest BCUT2D eigenvalue weighted by molar-refractivity contribution is 5.64. The summed E-state index contributed by atoms with van der Waals surface area (Å²) in [5.74, 6) is -1.58. The summed E-state index contributed by atoms with van der Waals surface area (Å²) < 4.78 is 37.6. The first-order valence-electron chi connectivity index (χ1n) is 12.4. The predicted octanol–water partition coefficient (Wildman–Crippen LogP) is 4.58. The number of allylic oxidation sites excluding steroid dienone is 1. The molecule has 7 heteroatoms. The molecule has 0 aromatic heterocycles. The minimum atomic E-state index is -0.863. The average molecular weight is 497 g/mol. The molecule has 0 spiro atoms. The first kappa shape index (κ1) is 26.7. The maximum absolute atomic E-state index is 11.3. The summed E-state index contributed by atoms with van der Waals surface area (Å²) in [6.45, 7) is 8.56. The molecule has 0 unspecified atom stereocenters. The Morgan fingerprint density at radius 2 is 1.47 bits per heavy atom. The zero-order chi connectivity index (χ0) is 25.6. The SMILES string of the molecule is CC1(C)O[C@H]([C@H](OCc2ccccc2)[C@H](/C=C/C=O)OCc2ccccc2)[C@@H]([C@H]2COC(C)(C)O2)O1. The summed E-state index contributed by atoms with van der Waals surface area (Å²) in [7, 11) is 0. The number of hydrogen-bond acceptors (Lipinski definition) is 7. The molecule has 0 amide bonds. The summed E-state index contributed by atoms with van der Waals surface area (Å²) in [6.07, 6.45) is 1.36. The fraction of sp³-hybridized carbons (Fsp3) is 0.483. The van der Waals surface area contributed by atoms with Crippen LogP contribution in [-0.4, -0.2) is 55.0 Å². The van der Waals surface area contributed by atoms with Gasteiger partial charge in [-0.05, 0) is 51.0 Å². The van der Waals surface area contributed by atoms with E-state index in [1.165, 1.54) is 6.08 Å². The Labute approximate surface area is 213 Å². The molecule has 4 rings (SSSR count). The fourth-order valence-corrected chi connectivity index (χ4v) is 4.56. The van der Waals surface area contributed by atoms with Crippen molar-refractivity contribution >= 4 is 6.29 Å². The second-order valence-electron chi connectivity index (χ2n) is 9.98. The Bertz CT molecular complexity index is 989. The Kier molecular flexibility index (Phi) is 8.72. The molecule has 0 aliphatic carbocycles. The molecule has 0 saturated carbocycles. The number of carbonyl (C=O) groups is 1. The van der Waals surface area contributed by atoms with E-state index >= 15 is 0 Å². The predicted molar refractivity (Wildman–Crippen MR) is 134 cm³/mol. The van der Waals surface area contributed by atoms with Crippen LogP contribution in [0.1, 0.15) is 38.8 Å². The molecule has 7 nitrogen and oxygen atoms in total. The van der Waals surface area contributed by atoms with E-state index in [4.69, 9.17) is 28.4 Å². The van der Waals surface area contributed by atoms with Gasteiger partial charge in [-0.2, -0.15) is 0 Å². The van der Waals surface area contributed by atoms with Gasteiger partial charge in [-0.3, -0.25) is 4.79 Å². The van der Waals surface area contributed by atoms with Crippen LogP contribution in [-0.2, 0) is 46.4 Å². The monoisotopic (exact) mass is 496 g/mol. The first-order chi connectivity index (χ1) is 17.3. The normalized spacial score (nSPS) is 26.7. The van der Waals surface area contributed by atoms with Crippen LogP contribution in [0.3, 0.4) is 0 Å². The molecular weight excluding hydrogens is 460 g/mol. The van der Waals surface area contributed by atoms with Gasteiger partial charge in [-0.1, -0.05) is 60.7 Å². The van der Waals surface area contributed by atoms with Crippen LogP contribution in [0.5, 0.6) is 0 Å². The number of ether oxygens (including phenoxy) is 6. The zero-order valence-electron chi connectivity index (χ0n) is 21.4. The number of hydrogen-bond donors (Lipinski definition) is 0. The van der Waals surface area contributed by atoms with Crippen molar-refractivity contribution in [3.8, 4) is 0 Å². The lowest BCUT2D eigenvalue weighted by molar-refractivity contribution is -0.178. The third-order valence-corrected chi connectivity index (χ3v) is 6.16. The fourth-order valence-electron chi connectivity index (χ4n) is 4.56. The largest absolute Gasteiger partial charge is 0.368 e. The third-order valence-electron chi connectivity index (χ3n) is 6.16. The summed E-state index contributed by atoms with van der Waals surface area (Å²) in [5, 5.41) is 0. The van der Waals surface area contributed by atoms with Gasteiger partial charge in [0.1, 0.15) is 36.8 Å². The molecule has 2 fully saturated rings. The van der Waals surface area contributed by atoms with Crippen molar-refractivity contribution in [2.24, 2.45) is 0 Å². The Morgan fingerprint density at radius 1 is 0.861 bits per heavy atom. The Morgan fingerprint density at radius 3 is 2.03 bits per heavy atom. The van der Waals surface area contributed by atoms with Crippen LogP contribution in [0.2, 0.25) is 0 Å². The van der Waals surface area contributed by atoms with E-state index < -0.39 is 36.0 Å². The lowest BCUT2D eigenvalue weighted by Gasteiger charge is -2.33. The third kappa shape index (κ3) is 7.09. The van der Waals surface area contributed by atoms with Gasteiger partial charge in [0.05, 0.1) is 19.8 Å². The number of carbonyl (C=O) groups excluding carboxylic acids is 1. The molecule has 2 aromatic rings. The molecule has 36 heavy (non-hydrogen) atoms. The van der Waals surface area contributed by atoms with Crippen molar-refractivity contribution in [2.75, 3.05) is 6.61 Å². The lowest BCUT2D eigenvalue weighted by atomic mass is 9.98. The zero-order valence-corrected chi connectivity index (χ0v) is 21.4. The van der Waals surface area contributed by atoms with Crippen molar-refractivity contribution in [3.63, 3.8) is 0 Å². The highest BCUT2D eigenvalue weighted by atomic mass is 16.8. The van der Waals surface area contributed by atoms with E-state index in [1.807, 2.05) is 88.4 Å². The van der Waals surface area contributed by atoms with Gasteiger partial charge in [0, 0.05) is 0 Å². The van der Waals surface area contributed by atoms with Crippen molar-refractivity contribution in [1.29, 1.82) is 0 Å². The molecule has 0 bridgehead atoms. The highest BCUT2D eigenvalue weighted by Gasteiger charge is 2.53. The Balaban J connectivity index is 1.62. The smallest absolute Gasteiger partial charge is 0.164 e. The van der Waals surface area contributed by atoms with Crippen LogP contribution in [0.25, 0.3) is 0 Å². The summed E-state index contributed by atoms with van der Waals surface area (Å²) in [6, 6.07) is 19.8. The maximum atomic E-state index is 11.3. The minimum absolute atomic E-state index is 0.339. The van der Waals surface area contributed by atoms with Crippen LogP contribution in [0.15, 0.2) is 72.8 Å². The van der Waals surface area contributed by atoms with Gasteiger partial charge in [0.25, 0.3) is 0 Å². The van der Waals surface area contributed by atoms with E-state index in [-0.39, 0.29) is 6.10 Å². The van der Waals surface area contributed by atoms with Gasteiger partial charge in [-0.25, -0.2) is 0 Å². The summed E-state index contributed by atoms with van der Waals surface area (Å²) in [4.78, 5) is 11.3. The van der Waals surface area contributed by atoms with Crippen LogP contribution >= 0.6 is 0 Å². The minimum Gasteiger partial charge on any atom is -0.368 e. The van der Waals surface area contributed by atoms with E-state index in [0.29, 0.717) is 19.8 Å². The quantitative estimate of drug-likeness (QED) is 0.333. The molecule has 2 saturated heterocycles. The van der Waals surface area contributed by atoms with Crippen molar-refractivity contribution < 1.29 is 33.2 Å². The second kappa shape index (κ2) is 11.8. The Hall–Kier alpha value is -2.39. The summed E-state index contributed by atoms with van der Waals surface area (Å²) >= 11 is 0. The van der Waals surface area contributed by atoms with Gasteiger partial charge < -0.3 is 28.4 Å². The molecule has 194 valence electrons. The van der Waals surface area contributed by atoms with Crippen molar-refractivity contribution in [1.82, 2.24) is 0 Å². The first-order valence-corrected chi connectivity index (χ1v) is 12.4. The standard InChI is InChI=1S/C29H36O7/c1-28(2)33-20-24(34-28)26-27(36-29(3,4)35-26)25(32-19-22-14-9-6-10-15-22)23(16-11-17-30)31-18-21-12-7-5-8-13-21/h5-17,23-27H,18-20H2,1-4H3/b16-11+/t23-,24+,25+,26+,27+/m0/s1. The molecule has 0 N–H and O–H groups in total. The lowest BCUT2D eigenvalue weighted by Crippen LogP contribution is -2.49. The average Bonchev–Trinajstić information content (AvgIpc) is 3.39. The molecule has 0 radical (unpaired) electrons. The molecular formula is C29H36O7. The molecule has 2 aromatic carbocycles. The molecule has 5 atom stereocenters. The summed E-state index contributed by atoms with van der Waals surface area (Å²) in [5.41, 5.74) is 2.03. The number of benzene rings is 2. The second-order valence-corrected chi connectivity index (χ2v) is 9.98. The number of aldehydes is 1.